The number of hydrogen-bond acceptors (Lipinski definition) is 4. The number of carbonyl (C=O) groups excluding carboxylic acids is 1. The van der Waals surface area contributed by atoms with E-state index in [9.17, 15) is 14.7 Å². The third-order valence-corrected chi connectivity index (χ3v) is 6.40. The van der Waals surface area contributed by atoms with Gasteiger partial charge in [-0.1, -0.05) is 72.4 Å². The van der Waals surface area contributed by atoms with Crippen molar-refractivity contribution in [3.63, 3.8) is 0 Å². The average molecular weight is 511 g/mol. The number of aromatic carboxylic acids is 1. The summed E-state index contributed by atoms with van der Waals surface area (Å²) in [5.74, 6) is 0.213. The molecule has 1 aliphatic carbocycles. The van der Waals surface area contributed by atoms with Crippen LogP contribution in [-0.2, 0) is 11.2 Å². The largest absolute Gasteiger partial charge is 0.497 e. The molecule has 0 aliphatic heterocycles. The van der Waals surface area contributed by atoms with E-state index < -0.39 is 5.97 Å². The Balaban J connectivity index is 0.00000163. The summed E-state index contributed by atoms with van der Waals surface area (Å²) in [7, 11) is 5.04. The maximum atomic E-state index is 12.8. The number of hydrogen-bond donors (Lipinski definition) is 1. The van der Waals surface area contributed by atoms with E-state index in [0.717, 1.165) is 29.0 Å². The number of amides is 1. The molecule has 0 spiro atoms. The van der Waals surface area contributed by atoms with E-state index in [1.165, 1.54) is 37.0 Å². The first-order chi connectivity index (χ1) is 17.8. The molecule has 0 atom stereocenters. The van der Waals surface area contributed by atoms with Crippen molar-refractivity contribution in [3.05, 3.63) is 65.7 Å². The molecule has 3 rings (SSSR count). The van der Waals surface area contributed by atoms with E-state index in [0.29, 0.717) is 11.6 Å². The molecule has 0 aromatic heterocycles. The highest BCUT2D eigenvalue weighted by Crippen LogP contribution is 2.34. The molecule has 6 nitrogen and oxygen atoms in total. The van der Waals surface area contributed by atoms with Gasteiger partial charge in [-0.3, -0.25) is 4.79 Å². The molecule has 1 N–H and O–H groups in total. The Morgan fingerprint density at radius 1 is 0.946 bits per heavy atom. The molecule has 0 radical (unpaired) electrons. The second-order valence-electron chi connectivity index (χ2n) is 8.91. The van der Waals surface area contributed by atoms with Crippen LogP contribution in [0.5, 0.6) is 5.75 Å². The lowest BCUT2D eigenvalue weighted by Crippen LogP contribution is -2.36. The normalized spacial score (nSPS) is 12.7. The van der Waals surface area contributed by atoms with E-state index in [4.69, 9.17) is 4.74 Å². The zero-order valence-electron chi connectivity index (χ0n) is 23.8. The van der Waals surface area contributed by atoms with E-state index in [1.54, 1.807) is 33.3 Å². The van der Waals surface area contributed by atoms with Gasteiger partial charge in [0.05, 0.1) is 12.7 Å². The maximum absolute atomic E-state index is 12.8. The molecular weight excluding hydrogens is 464 g/mol. The number of nitrogens with zero attached hydrogens (tertiary/aromatic N) is 2. The van der Waals surface area contributed by atoms with Gasteiger partial charge in [-0.05, 0) is 59.9 Å². The first-order valence-electron chi connectivity index (χ1n) is 13.5. The predicted molar refractivity (Wildman–Crippen MR) is 154 cm³/mol. The Hall–Kier alpha value is -3.28. The lowest BCUT2D eigenvalue weighted by molar-refractivity contribution is -0.127. The number of benzene rings is 2. The second kappa shape index (κ2) is 16.5. The lowest BCUT2D eigenvalue weighted by atomic mass is 9.84. The number of methoxy groups -OCH3 is 1. The summed E-state index contributed by atoms with van der Waals surface area (Å²) in [5, 5.41) is 9.66. The summed E-state index contributed by atoms with van der Waals surface area (Å²) < 4.78 is 5.27. The van der Waals surface area contributed by atoms with Crippen LogP contribution in [-0.4, -0.2) is 49.6 Å². The van der Waals surface area contributed by atoms with Gasteiger partial charge in [0.1, 0.15) is 12.3 Å². The number of likely N-dealkylation sites (N-methyl/N-ethyl adjacent to an activating group) is 1. The first-order valence-corrected chi connectivity index (χ1v) is 13.5. The van der Waals surface area contributed by atoms with E-state index >= 15 is 0 Å². The maximum Gasteiger partial charge on any atom is 0.335 e. The molecule has 0 heterocycles. The molecule has 2 aromatic carbocycles. The predicted octanol–water partition coefficient (Wildman–Crippen LogP) is 7.13. The molecule has 1 aliphatic rings. The number of carboxylic acids is 1. The van der Waals surface area contributed by atoms with Gasteiger partial charge in [0, 0.05) is 25.5 Å². The van der Waals surface area contributed by atoms with Gasteiger partial charge < -0.3 is 19.6 Å². The highest BCUT2D eigenvalue weighted by molar-refractivity contribution is 5.93. The molecule has 0 saturated heterocycles. The molecule has 2 aromatic rings. The number of anilines is 1. The van der Waals surface area contributed by atoms with Crippen LogP contribution in [0.1, 0.15) is 81.3 Å². The summed E-state index contributed by atoms with van der Waals surface area (Å²) in [5.41, 5.74) is 3.46. The van der Waals surface area contributed by atoms with Crippen molar-refractivity contribution >= 4 is 23.3 Å². The van der Waals surface area contributed by atoms with Crippen molar-refractivity contribution in [2.24, 2.45) is 5.92 Å². The van der Waals surface area contributed by atoms with Gasteiger partial charge in [-0.2, -0.15) is 0 Å². The Morgan fingerprint density at radius 2 is 1.51 bits per heavy atom. The van der Waals surface area contributed by atoms with E-state index in [-0.39, 0.29) is 18.0 Å². The third kappa shape index (κ3) is 9.27. The van der Waals surface area contributed by atoms with Crippen molar-refractivity contribution in [1.82, 2.24) is 4.90 Å². The molecule has 1 saturated carbocycles. The standard InChI is InChI=1S/C27H34N2O4.2C2H6/c1-19(21-12-14-24(33-4)15-13-21)29(18-26(30)28(2)3)25-17-23(27(31)32)11-10-22(25)16-20-8-6-5-7-9-20;2*1-2/h10-15,17,20H,1,5-9,16,18H2,2-4H3,(H,31,32);2*1-2H3. The van der Waals surface area contributed by atoms with Crippen molar-refractivity contribution in [1.29, 1.82) is 0 Å². The highest BCUT2D eigenvalue weighted by Gasteiger charge is 2.23. The van der Waals surface area contributed by atoms with Crippen molar-refractivity contribution in [3.8, 4) is 5.75 Å². The third-order valence-electron chi connectivity index (χ3n) is 6.40. The SMILES string of the molecule is C=C(c1ccc(OC)cc1)N(CC(=O)N(C)C)c1cc(C(=O)O)ccc1CC1CCCCC1.CC.CC. The first kappa shape index (κ1) is 31.7. The fourth-order valence-electron chi connectivity index (χ4n) is 4.36. The molecule has 0 unspecified atom stereocenters. The summed E-state index contributed by atoms with van der Waals surface area (Å²) in [6.45, 7) is 12.4. The fourth-order valence-corrected chi connectivity index (χ4v) is 4.36. The molecule has 6 heteroatoms. The number of ether oxygens (including phenoxy) is 1. The van der Waals surface area contributed by atoms with Gasteiger partial charge >= 0.3 is 5.97 Å². The van der Waals surface area contributed by atoms with Crippen LogP contribution in [0.15, 0.2) is 49.0 Å². The molecule has 1 amide bonds. The zero-order chi connectivity index (χ0) is 28.0. The van der Waals surface area contributed by atoms with Crippen LogP contribution in [0.3, 0.4) is 0 Å². The minimum atomic E-state index is -0.991. The second-order valence-corrected chi connectivity index (χ2v) is 8.91. The monoisotopic (exact) mass is 510 g/mol. The van der Waals surface area contributed by atoms with Gasteiger partial charge in [0.25, 0.3) is 0 Å². The number of rotatable bonds is 9. The van der Waals surface area contributed by atoms with Gasteiger partial charge in [0.15, 0.2) is 0 Å². The summed E-state index contributed by atoms with van der Waals surface area (Å²) >= 11 is 0. The van der Waals surface area contributed by atoms with E-state index in [2.05, 4.69) is 6.58 Å². The molecule has 1 fully saturated rings. The van der Waals surface area contributed by atoms with Crippen molar-refractivity contribution in [2.45, 2.75) is 66.2 Å². The number of carbonyl (C=O) groups is 2. The van der Waals surface area contributed by atoms with Crippen LogP contribution >= 0.6 is 0 Å². The summed E-state index contributed by atoms with van der Waals surface area (Å²) in [6.07, 6.45) is 6.95. The van der Waals surface area contributed by atoms with E-state index in [1.807, 2.05) is 62.9 Å². The topological polar surface area (TPSA) is 70.1 Å². The van der Waals surface area contributed by atoms with Crippen LogP contribution in [0, 0.1) is 5.92 Å². The Labute approximate surface area is 223 Å². The Morgan fingerprint density at radius 3 is 2.03 bits per heavy atom. The summed E-state index contributed by atoms with van der Waals surface area (Å²) in [4.78, 5) is 28.0. The molecule has 37 heavy (non-hydrogen) atoms. The van der Waals surface area contributed by atoms with Gasteiger partial charge in [-0.25, -0.2) is 4.79 Å². The minimum absolute atomic E-state index is 0.0681. The average Bonchev–Trinajstić information content (AvgIpc) is 2.94. The Kier molecular flexibility index (Phi) is 14.1. The van der Waals surface area contributed by atoms with Crippen LogP contribution < -0.4 is 9.64 Å². The lowest BCUT2D eigenvalue weighted by Gasteiger charge is -2.31. The molecular formula is C31H46N2O4. The zero-order valence-corrected chi connectivity index (χ0v) is 23.8. The van der Waals surface area contributed by atoms with Crippen molar-refractivity contribution in [2.75, 3.05) is 32.6 Å². The smallest absolute Gasteiger partial charge is 0.335 e. The van der Waals surface area contributed by atoms with Crippen molar-refractivity contribution < 1.29 is 19.4 Å². The quantitative estimate of drug-likeness (QED) is 0.388. The molecule has 0 bridgehead atoms. The summed E-state index contributed by atoms with van der Waals surface area (Å²) in [6, 6.07) is 12.7. The highest BCUT2D eigenvalue weighted by atomic mass is 16.5. The molecule has 204 valence electrons. The minimum Gasteiger partial charge on any atom is -0.497 e. The number of carboxylic acid groups (broad SMARTS) is 1. The van der Waals surface area contributed by atoms with Crippen LogP contribution in [0.4, 0.5) is 5.69 Å². The van der Waals surface area contributed by atoms with Crippen LogP contribution in [0.25, 0.3) is 5.70 Å². The fraction of sp³-hybridized carbons (Fsp3) is 0.484. The van der Waals surface area contributed by atoms with Gasteiger partial charge in [0.2, 0.25) is 5.91 Å². The van der Waals surface area contributed by atoms with Crippen LogP contribution in [0.2, 0.25) is 0 Å². The Bertz CT molecular complexity index is 993. The van der Waals surface area contributed by atoms with Gasteiger partial charge in [-0.15, -0.1) is 0 Å².